The molecule has 5 nitrogen and oxygen atoms in total. The number of hydrogen-bond donors (Lipinski definition) is 2. The topological polar surface area (TPSA) is 66.4 Å². The SMILES string of the molecule is O=C(N/N=C/c1ccc(Br)cc1)Nc1nc2c(ccc3ccccc32)s1. The molecule has 4 rings (SSSR count). The van der Waals surface area contributed by atoms with E-state index in [1.807, 2.05) is 54.6 Å². The van der Waals surface area contributed by atoms with Crippen LogP contribution in [0, 0.1) is 0 Å². The van der Waals surface area contributed by atoms with Gasteiger partial charge in [0.25, 0.3) is 0 Å². The highest BCUT2D eigenvalue weighted by Gasteiger charge is 2.09. The van der Waals surface area contributed by atoms with Crippen LogP contribution in [0.15, 0.2) is 70.2 Å². The molecule has 0 fully saturated rings. The first-order chi connectivity index (χ1) is 12.7. The zero-order valence-corrected chi connectivity index (χ0v) is 15.8. The van der Waals surface area contributed by atoms with Gasteiger partial charge in [0.15, 0.2) is 5.13 Å². The maximum Gasteiger partial charge on any atom is 0.341 e. The van der Waals surface area contributed by atoms with Crippen LogP contribution in [0.3, 0.4) is 0 Å². The highest BCUT2D eigenvalue weighted by Crippen LogP contribution is 2.31. The summed E-state index contributed by atoms with van der Waals surface area (Å²) in [6.07, 6.45) is 1.58. The molecule has 128 valence electrons. The molecule has 0 radical (unpaired) electrons. The Morgan fingerprint density at radius 1 is 1.08 bits per heavy atom. The lowest BCUT2D eigenvalue weighted by molar-refractivity contribution is 0.252. The van der Waals surface area contributed by atoms with Gasteiger partial charge in [0.1, 0.15) is 0 Å². The lowest BCUT2D eigenvalue weighted by Gasteiger charge is -1.99. The van der Waals surface area contributed by atoms with E-state index in [2.05, 4.69) is 42.8 Å². The van der Waals surface area contributed by atoms with Crippen LogP contribution < -0.4 is 10.7 Å². The van der Waals surface area contributed by atoms with Crippen molar-refractivity contribution in [2.75, 3.05) is 5.32 Å². The van der Waals surface area contributed by atoms with E-state index in [0.29, 0.717) is 5.13 Å². The molecule has 3 aromatic carbocycles. The molecule has 0 aliphatic rings. The molecule has 1 aromatic heterocycles. The van der Waals surface area contributed by atoms with Gasteiger partial charge in [-0.15, -0.1) is 0 Å². The number of benzene rings is 3. The molecule has 0 atom stereocenters. The predicted octanol–water partition coefficient (Wildman–Crippen LogP) is 5.37. The van der Waals surface area contributed by atoms with E-state index in [1.165, 1.54) is 11.3 Å². The van der Waals surface area contributed by atoms with Crippen molar-refractivity contribution in [3.05, 3.63) is 70.7 Å². The van der Waals surface area contributed by atoms with E-state index in [1.54, 1.807) is 6.21 Å². The lowest BCUT2D eigenvalue weighted by Crippen LogP contribution is -2.24. The Morgan fingerprint density at radius 3 is 2.73 bits per heavy atom. The Labute approximate surface area is 161 Å². The summed E-state index contributed by atoms with van der Waals surface area (Å²) in [7, 11) is 0. The third-order valence-electron chi connectivity index (χ3n) is 3.75. The summed E-state index contributed by atoms with van der Waals surface area (Å²) in [6, 6.07) is 19.3. The van der Waals surface area contributed by atoms with Gasteiger partial charge in [0.2, 0.25) is 0 Å². The van der Waals surface area contributed by atoms with E-state index >= 15 is 0 Å². The fourth-order valence-electron chi connectivity index (χ4n) is 2.55. The fraction of sp³-hybridized carbons (Fsp3) is 0. The van der Waals surface area contributed by atoms with Crippen LogP contribution in [0.25, 0.3) is 21.0 Å². The van der Waals surface area contributed by atoms with E-state index in [0.717, 1.165) is 31.0 Å². The van der Waals surface area contributed by atoms with Gasteiger partial charge in [0, 0.05) is 9.86 Å². The number of urea groups is 1. The van der Waals surface area contributed by atoms with Gasteiger partial charge >= 0.3 is 6.03 Å². The number of hydrogen-bond acceptors (Lipinski definition) is 4. The number of hydrazone groups is 1. The molecule has 2 amide bonds. The van der Waals surface area contributed by atoms with Crippen LogP contribution >= 0.6 is 27.3 Å². The number of anilines is 1. The smallest absolute Gasteiger partial charge is 0.282 e. The van der Waals surface area contributed by atoms with Crippen LogP contribution in [-0.2, 0) is 0 Å². The van der Waals surface area contributed by atoms with Crippen molar-refractivity contribution in [2.24, 2.45) is 5.10 Å². The van der Waals surface area contributed by atoms with Gasteiger partial charge in [-0.05, 0) is 29.1 Å². The van der Waals surface area contributed by atoms with Gasteiger partial charge < -0.3 is 0 Å². The van der Waals surface area contributed by atoms with Crippen molar-refractivity contribution in [1.82, 2.24) is 10.4 Å². The molecule has 4 aromatic rings. The lowest BCUT2D eigenvalue weighted by atomic mass is 10.1. The molecule has 0 saturated carbocycles. The second-order valence-corrected chi connectivity index (χ2v) is 7.47. The number of thiazole rings is 1. The number of carbonyl (C=O) groups is 1. The Hall–Kier alpha value is -2.77. The minimum atomic E-state index is -0.429. The van der Waals surface area contributed by atoms with Crippen LogP contribution in [-0.4, -0.2) is 17.2 Å². The number of aromatic nitrogens is 1. The summed E-state index contributed by atoms with van der Waals surface area (Å²) in [5.41, 5.74) is 4.23. The van der Waals surface area contributed by atoms with Crippen molar-refractivity contribution in [3.63, 3.8) is 0 Å². The van der Waals surface area contributed by atoms with Gasteiger partial charge in [-0.1, -0.05) is 69.7 Å². The number of carbonyl (C=O) groups excluding carboxylic acids is 1. The highest BCUT2D eigenvalue weighted by molar-refractivity contribution is 9.10. The summed E-state index contributed by atoms with van der Waals surface area (Å²) >= 11 is 4.81. The Kier molecular flexibility index (Phi) is 4.64. The van der Waals surface area contributed by atoms with Crippen LogP contribution in [0.5, 0.6) is 0 Å². The number of nitrogens with one attached hydrogen (secondary N) is 2. The second-order valence-electron chi connectivity index (χ2n) is 5.53. The first-order valence-corrected chi connectivity index (χ1v) is 9.44. The molecule has 0 spiro atoms. The molecule has 7 heteroatoms. The number of fused-ring (bicyclic) bond motifs is 3. The number of halogens is 1. The van der Waals surface area contributed by atoms with Crippen molar-refractivity contribution >= 4 is 65.6 Å². The number of nitrogens with zero attached hydrogens (tertiary/aromatic N) is 2. The second kappa shape index (κ2) is 7.23. The molecule has 0 unspecified atom stereocenters. The average Bonchev–Trinajstić information content (AvgIpc) is 3.06. The minimum Gasteiger partial charge on any atom is -0.282 e. The quantitative estimate of drug-likeness (QED) is 0.343. The molecule has 0 saturated heterocycles. The molecule has 2 N–H and O–H groups in total. The van der Waals surface area contributed by atoms with E-state index in [4.69, 9.17) is 0 Å². The summed E-state index contributed by atoms with van der Waals surface area (Å²) in [5, 5.41) is 9.41. The standard InChI is InChI=1S/C19H13BrN4OS/c20-14-8-5-12(6-9-14)11-21-24-18(25)23-19-22-17-15-4-2-1-3-13(15)7-10-16(17)26-19/h1-11H,(H2,22,23,24,25)/b21-11+. The molecule has 0 bridgehead atoms. The maximum atomic E-state index is 12.0. The van der Waals surface area contributed by atoms with Crippen molar-refractivity contribution in [1.29, 1.82) is 0 Å². The van der Waals surface area contributed by atoms with Gasteiger partial charge in [-0.3, -0.25) is 5.32 Å². The summed E-state index contributed by atoms with van der Waals surface area (Å²) in [4.78, 5) is 16.6. The molecule has 26 heavy (non-hydrogen) atoms. The average molecular weight is 425 g/mol. The molecular formula is C19H13BrN4OS. The summed E-state index contributed by atoms with van der Waals surface area (Å²) < 4.78 is 2.01. The van der Waals surface area contributed by atoms with Gasteiger partial charge in [-0.25, -0.2) is 15.2 Å². The zero-order valence-electron chi connectivity index (χ0n) is 13.4. The number of amides is 2. The van der Waals surface area contributed by atoms with Crippen LogP contribution in [0.2, 0.25) is 0 Å². The van der Waals surface area contributed by atoms with E-state index in [-0.39, 0.29) is 0 Å². The molecule has 0 aliphatic heterocycles. The Bertz CT molecular complexity index is 1120. The monoisotopic (exact) mass is 424 g/mol. The first kappa shape index (κ1) is 16.7. The largest absolute Gasteiger partial charge is 0.341 e. The third-order valence-corrected chi connectivity index (χ3v) is 5.22. The van der Waals surface area contributed by atoms with E-state index in [9.17, 15) is 4.79 Å². The van der Waals surface area contributed by atoms with Crippen LogP contribution in [0.4, 0.5) is 9.93 Å². The summed E-state index contributed by atoms with van der Waals surface area (Å²) in [5.74, 6) is 0. The number of rotatable bonds is 3. The van der Waals surface area contributed by atoms with Crippen molar-refractivity contribution in [3.8, 4) is 0 Å². The maximum absolute atomic E-state index is 12.0. The predicted molar refractivity (Wildman–Crippen MR) is 111 cm³/mol. The minimum absolute atomic E-state index is 0.429. The normalized spacial score (nSPS) is 11.3. The third kappa shape index (κ3) is 3.58. The van der Waals surface area contributed by atoms with Crippen molar-refractivity contribution < 1.29 is 4.79 Å². The van der Waals surface area contributed by atoms with Gasteiger partial charge in [0.05, 0.1) is 16.4 Å². The Balaban J connectivity index is 1.47. The van der Waals surface area contributed by atoms with Gasteiger partial charge in [-0.2, -0.15) is 5.10 Å². The molecular weight excluding hydrogens is 412 g/mol. The zero-order chi connectivity index (χ0) is 17.9. The first-order valence-electron chi connectivity index (χ1n) is 7.83. The molecule has 0 aliphatic carbocycles. The van der Waals surface area contributed by atoms with Crippen molar-refractivity contribution in [2.45, 2.75) is 0 Å². The van der Waals surface area contributed by atoms with E-state index < -0.39 is 6.03 Å². The summed E-state index contributed by atoms with van der Waals surface area (Å²) in [6.45, 7) is 0. The fourth-order valence-corrected chi connectivity index (χ4v) is 3.70. The Morgan fingerprint density at radius 2 is 1.88 bits per heavy atom. The molecule has 1 heterocycles. The highest BCUT2D eigenvalue weighted by atomic mass is 79.9. The van der Waals surface area contributed by atoms with Crippen LogP contribution in [0.1, 0.15) is 5.56 Å².